The first-order valence-corrected chi connectivity index (χ1v) is 23.9. The Kier molecular flexibility index (Phi) is 11.8. The van der Waals surface area contributed by atoms with Crippen LogP contribution < -0.4 is 9.47 Å². The number of phenols is 10. The van der Waals surface area contributed by atoms with Gasteiger partial charge in [-0.25, -0.2) is 0 Å². The van der Waals surface area contributed by atoms with Crippen molar-refractivity contribution in [1.29, 1.82) is 0 Å². The minimum Gasteiger partial charge on any atom is -0.508 e. The second-order valence-corrected chi connectivity index (χ2v) is 19.1. The molecule has 76 heavy (non-hydrogen) atoms. The number of hydrogen-bond acceptors (Lipinski definition) is 16. The maximum Gasteiger partial charge on any atom is 0.178 e. The summed E-state index contributed by atoms with van der Waals surface area (Å²) in [6.07, 6.45) is -2.31. The lowest BCUT2D eigenvalue weighted by molar-refractivity contribution is 0.0485. The van der Waals surface area contributed by atoms with Gasteiger partial charge in [-0.2, -0.15) is 0 Å². The first kappa shape index (κ1) is 48.3. The van der Waals surface area contributed by atoms with E-state index in [9.17, 15) is 60.7 Å². The Hall–Kier alpha value is -9.96. The van der Waals surface area contributed by atoms with Crippen LogP contribution in [-0.4, -0.2) is 74.2 Å². The summed E-state index contributed by atoms with van der Waals surface area (Å²) in [5.74, 6) is -13.7. The minimum atomic E-state index is -1.41. The molecule has 2 heterocycles. The molecule has 8 aromatic carbocycles. The number of rotatable bonds is 12. The number of carbonyl (C=O) groups excluding carboxylic acids is 4. The second-order valence-electron chi connectivity index (χ2n) is 19.1. The molecule has 2 aliphatic heterocycles. The van der Waals surface area contributed by atoms with Gasteiger partial charge in [0.25, 0.3) is 0 Å². The Morgan fingerprint density at radius 2 is 0.605 bits per heavy atom. The average Bonchev–Trinajstić information content (AvgIpc) is 4.06. The lowest BCUT2D eigenvalue weighted by Gasteiger charge is -2.51. The Morgan fingerprint density at radius 1 is 0.316 bits per heavy atom. The number of fused-ring (bicyclic) bond motifs is 2. The molecule has 16 nitrogen and oxygen atoms in total. The van der Waals surface area contributed by atoms with Gasteiger partial charge in [-0.3, -0.25) is 19.2 Å². The van der Waals surface area contributed by atoms with Gasteiger partial charge >= 0.3 is 0 Å². The van der Waals surface area contributed by atoms with E-state index in [0.717, 1.165) is 12.1 Å². The van der Waals surface area contributed by atoms with Gasteiger partial charge in [-0.1, -0.05) is 48.5 Å². The van der Waals surface area contributed by atoms with Crippen LogP contribution in [0.25, 0.3) is 0 Å². The molecule has 1 saturated carbocycles. The van der Waals surface area contributed by atoms with E-state index in [1.165, 1.54) is 146 Å². The summed E-state index contributed by atoms with van der Waals surface area (Å²) in [6.45, 7) is 0. The van der Waals surface area contributed by atoms with Crippen LogP contribution in [0.4, 0.5) is 0 Å². The number of Topliss-reactive ketones (excluding diaryl/α,β-unsaturated/α-hetero) is 4. The van der Waals surface area contributed by atoms with Crippen LogP contribution in [0.1, 0.15) is 111 Å². The molecule has 0 spiro atoms. The SMILES string of the molecule is O=C(c1ccc2c(c1O)[C@H](C(=O)c1ccc(O)cc1O)[C@@H](c1ccc(O)cc1)O2)C1C(c2ccc(O)cc2)C(C(=O)c2ccc3c(c2O)[C@H](C(=O)c2ccc(O)cc2O)[C@@H](c2ccc(O)cc2)O3)C1c1ccc(O)cc1. The number of aromatic hydroxyl groups is 10. The van der Waals surface area contributed by atoms with Crippen LogP contribution in [0.2, 0.25) is 0 Å². The van der Waals surface area contributed by atoms with Gasteiger partial charge in [0.1, 0.15) is 81.2 Å². The number of hydrogen-bond donors (Lipinski definition) is 10. The zero-order valence-electron chi connectivity index (χ0n) is 39.6. The third-order valence-corrected chi connectivity index (χ3v) is 14.8. The predicted octanol–water partition coefficient (Wildman–Crippen LogP) is 9.82. The molecular formula is C60H44O16. The first-order valence-electron chi connectivity index (χ1n) is 23.9. The standard InChI is InChI=1S/C60H44O16/c61-31-9-1-27(2-10-31)45-49(57(73)39-21-23-43-47(55(39)71)51(53(69)37-19-17-35(65)25-41(37)67)59(75-43)29-5-13-33(63)14-6-29)46(28-3-11-32(62)12-4-28)50(45)58(74)40-22-24-44-48(56(40)72)52(54(70)38-20-18-36(66)26-42(38)68)60(76-44)30-7-15-34(64)16-8-30/h1-26,45-46,49-52,59-68,71-72H/t45?,46?,49?,50?,51-,52-,59-,60-/m1/s1. The van der Waals surface area contributed by atoms with Crippen LogP contribution in [0, 0.1) is 11.8 Å². The fourth-order valence-corrected chi connectivity index (χ4v) is 11.3. The predicted molar refractivity (Wildman–Crippen MR) is 270 cm³/mol. The van der Waals surface area contributed by atoms with Crippen molar-refractivity contribution in [2.24, 2.45) is 11.8 Å². The van der Waals surface area contributed by atoms with Crippen molar-refractivity contribution in [3.8, 4) is 69.0 Å². The minimum absolute atomic E-state index is 0.0247. The van der Waals surface area contributed by atoms with E-state index in [-0.39, 0.29) is 79.4 Å². The summed E-state index contributed by atoms with van der Waals surface area (Å²) in [5.41, 5.74) is 0.356. The van der Waals surface area contributed by atoms with Gasteiger partial charge in [0.2, 0.25) is 0 Å². The van der Waals surface area contributed by atoms with Gasteiger partial charge in [0.05, 0.1) is 45.2 Å². The molecule has 3 aliphatic rings. The fraction of sp³-hybridized carbons (Fsp3) is 0.133. The third-order valence-electron chi connectivity index (χ3n) is 14.8. The van der Waals surface area contributed by atoms with Crippen LogP contribution >= 0.6 is 0 Å². The molecule has 1 aliphatic carbocycles. The van der Waals surface area contributed by atoms with Crippen molar-refractivity contribution in [3.05, 3.63) is 213 Å². The molecule has 8 aromatic rings. The largest absolute Gasteiger partial charge is 0.508 e. The number of phenolic OH excluding ortho intramolecular Hbond substituents is 10. The summed E-state index contributed by atoms with van der Waals surface area (Å²) < 4.78 is 12.6. The molecule has 0 bridgehead atoms. The lowest BCUT2D eigenvalue weighted by Crippen LogP contribution is -2.51. The van der Waals surface area contributed by atoms with Gasteiger partial charge in [-0.05, 0) is 119 Å². The first-order chi connectivity index (χ1) is 36.5. The summed E-state index contributed by atoms with van der Waals surface area (Å²) in [7, 11) is 0. The molecule has 0 amide bonds. The molecule has 0 radical (unpaired) electrons. The number of benzene rings is 8. The number of carbonyl (C=O) groups is 4. The van der Waals surface area contributed by atoms with Crippen LogP contribution in [-0.2, 0) is 0 Å². The molecule has 0 aromatic heterocycles. The van der Waals surface area contributed by atoms with E-state index in [2.05, 4.69) is 0 Å². The highest BCUT2D eigenvalue weighted by Crippen LogP contribution is 2.62. The summed E-state index contributed by atoms with van der Waals surface area (Å²) in [4.78, 5) is 60.6. The second kappa shape index (κ2) is 18.5. The van der Waals surface area contributed by atoms with E-state index in [1.807, 2.05) is 0 Å². The highest BCUT2D eigenvalue weighted by atomic mass is 16.5. The van der Waals surface area contributed by atoms with Crippen molar-refractivity contribution in [2.45, 2.75) is 35.9 Å². The monoisotopic (exact) mass is 1020 g/mol. The van der Waals surface area contributed by atoms with Crippen LogP contribution in [0.15, 0.2) is 158 Å². The summed E-state index contributed by atoms with van der Waals surface area (Å²) >= 11 is 0. The van der Waals surface area contributed by atoms with E-state index >= 15 is 9.59 Å². The molecule has 16 heteroatoms. The topological polar surface area (TPSA) is 289 Å². The van der Waals surface area contributed by atoms with Crippen LogP contribution in [0.5, 0.6) is 69.0 Å². The third kappa shape index (κ3) is 8.03. The molecule has 380 valence electrons. The molecule has 11 rings (SSSR count). The Balaban J connectivity index is 1.04. The van der Waals surface area contributed by atoms with Gasteiger partial charge in [0.15, 0.2) is 23.1 Å². The van der Waals surface area contributed by atoms with E-state index in [1.54, 1.807) is 0 Å². The molecule has 4 atom stereocenters. The van der Waals surface area contributed by atoms with Crippen molar-refractivity contribution in [2.75, 3.05) is 0 Å². The smallest absolute Gasteiger partial charge is 0.178 e. The summed E-state index contributed by atoms with van der Waals surface area (Å²) in [5, 5.41) is 108. The van der Waals surface area contributed by atoms with Crippen LogP contribution in [0.3, 0.4) is 0 Å². The molecule has 0 unspecified atom stereocenters. The highest BCUT2D eigenvalue weighted by molar-refractivity contribution is 6.11. The lowest BCUT2D eigenvalue weighted by atomic mass is 9.49. The Labute approximate surface area is 431 Å². The molecule has 0 saturated heterocycles. The number of ketones is 4. The molecular weight excluding hydrogens is 977 g/mol. The van der Waals surface area contributed by atoms with Crippen molar-refractivity contribution in [3.63, 3.8) is 0 Å². The van der Waals surface area contributed by atoms with Gasteiger partial charge in [0, 0.05) is 35.8 Å². The van der Waals surface area contributed by atoms with Gasteiger partial charge < -0.3 is 60.5 Å². The van der Waals surface area contributed by atoms with E-state index in [4.69, 9.17) is 9.47 Å². The van der Waals surface area contributed by atoms with E-state index < -0.39 is 93.8 Å². The Bertz CT molecular complexity index is 3410. The Morgan fingerprint density at radius 3 is 0.921 bits per heavy atom. The average molecular weight is 1020 g/mol. The molecule has 10 N–H and O–H groups in total. The maximum atomic E-state index is 15.6. The summed E-state index contributed by atoms with van der Waals surface area (Å²) in [6, 6.07) is 35.4. The molecule has 1 fully saturated rings. The quantitative estimate of drug-likeness (QED) is 0.0509. The van der Waals surface area contributed by atoms with Gasteiger partial charge in [-0.15, -0.1) is 0 Å². The fourth-order valence-electron chi connectivity index (χ4n) is 11.3. The van der Waals surface area contributed by atoms with Crippen molar-refractivity contribution in [1.82, 2.24) is 0 Å². The number of ether oxygens (including phenoxy) is 2. The van der Waals surface area contributed by atoms with Crippen molar-refractivity contribution < 1.29 is 79.7 Å². The zero-order chi connectivity index (χ0) is 53.4. The van der Waals surface area contributed by atoms with E-state index in [0.29, 0.717) is 22.3 Å². The highest BCUT2D eigenvalue weighted by Gasteiger charge is 2.59. The zero-order valence-corrected chi connectivity index (χ0v) is 39.6. The maximum absolute atomic E-state index is 15.6. The van der Waals surface area contributed by atoms with Crippen molar-refractivity contribution >= 4 is 23.1 Å². The normalized spacial score (nSPS) is 21.1.